The summed E-state index contributed by atoms with van der Waals surface area (Å²) in [6, 6.07) is 13.8. The van der Waals surface area contributed by atoms with Gasteiger partial charge in [0.15, 0.2) is 0 Å². The lowest BCUT2D eigenvalue weighted by Gasteiger charge is -2.38. The van der Waals surface area contributed by atoms with Crippen molar-refractivity contribution in [2.24, 2.45) is 11.8 Å². The average molecular weight is 454 g/mol. The molecule has 1 aromatic carbocycles. The van der Waals surface area contributed by atoms with E-state index in [9.17, 15) is 9.18 Å². The van der Waals surface area contributed by atoms with Crippen LogP contribution >= 0.6 is 0 Å². The fourth-order valence-corrected chi connectivity index (χ4v) is 4.98. The Morgan fingerprint density at radius 1 is 1.06 bits per heavy atom. The Kier molecular flexibility index (Phi) is 8.15. The van der Waals surface area contributed by atoms with Crippen LogP contribution in [0.4, 0.5) is 15.9 Å². The van der Waals surface area contributed by atoms with Crippen LogP contribution < -0.4 is 14.5 Å². The number of methoxy groups -OCH3 is 1. The van der Waals surface area contributed by atoms with Crippen LogP contribution in [-0.4, -0.2) is 68.8 Å². The standard InChI is InChI=1S/C26H35FN4O2/c1-33-24-7-3-2-6-23(24)30-17-14-29(15-18-30)16-19-31(25-8-4-5-13-28-25)26(32)22-11-9-21(20-27)10-12-22/h2-8,13,21-22H,9-12,14-20H2,1H3/i27-1. The molecule has 1 aromatic heterocycles. The van der Waals surface area contributed by atoms with E-state index in [4.69, 9.17) is 4.74 Å². The fourth-order valence-electron chi connectivity index (χ4n) is 4.98. The first-order chi connectivity index (χ1) is 16.2. The molecule has 1 saturated heterocycles. The lowest BCUT2D eigenvalue weighted by molar-refractivity contribution is -0.123. The van der Waals surface area contributed by atoms with Crippen LogP contribution in [-0.2, 0) is 4.79 Å². The molecule has 1 aliphatic heterocycles. The zero-order valence-corrected chi connectivity index (χ0v) is 19.5. The summed E-state index contributed by atoms with van der Waals surface area (Å²) in [6.45, 7) is 4.87. The normalized spacial score (nSPS) is 21.6. The first-order valence-electron chi connectivity index (χ1n) is 12.1. The van der Waals surface area contributed by atoms with E-state index in [-0.39, 0.29) is 24.4 Å². The number of ether oxygens (including phenoxy) is 1. The van der Waals surface area contributed by atoms with Crippen LogP contribution in [0.3, 0.4) is 0 Å². The molecule has 33 heavy (non-hydrogen) atoms. The molecular formula is C26H35FN4O2. The molecule has 0 N–H and O–H groups in total. The Hall–Kier alpha value is -2.67. The van der Waals surface area contributed by atoms with Gasteiger partial charge in [-0.05, 0) is 55.9 Å². The van der Waals surface area contributed by atoms with E-state index in [1.807, 2.05) is 41.3 Å². The maximum atomic E-state index is 13.4. The SMILES string of the molecule is COc1ccccc1N1CCN(CCN(C(=O)C2CCC(C[18F])CC2)c2ccccn2)CC1. The molecule has 0 unspecified atom stereocenters. The van der Waals surface area contributed by atoms with Gasteiger partial charge in [0.2, 0.25) is 5.91 Å². The van der Waals surface area contributed by atoms with Gasteiger partial charge < -0.3 is 9.64 Å². The topological polar surface area (TPSA) is 48.9 Å². The maximum absolute atomic E-state index is 13.4. The molecule has 178 valence electrons. The molecular weight excluding hydrogens is 418 g/mol. The number of carbonyl (C=O) groups is 1. The van der Waals surface area contributed by atoms with Crippen molar-refractivity contribution in [3.63, 3.8) is 0 Å². The van der Waals surface area contributed by atoms with Gasteiger partial charge in [-0.25, -0.2) is 4.98 Å². The Labute approximate surface area is 196 Å². The van der Waals surface area contributed by atoms with E-state index in [2.05, 4.69) is 20.9 Å². The van der Waals surface area contributed by atoms with Crippen LogP contribution in [0.5, 0.6) is 5.75 Å². The highest BCUT2D eigenvalue weighted by atomic mass is 18.2. The Morgan fingerprint density at radius 2 is 1.79 bits per heavy atom. The number of hydrogen-bond acceptors (Lipinski definition) is 5. The van der Waals surface area contributed by atoms with Crippen LogP contribution in [0, 0.1) is 11.8 Å². The van der Waals surface area contributed by atoms with Crippen molar-refractivity contribution < 1.29 is 13.9 Å². The predicted molar refractivity (Wildman–Crippen MR) is 130 cm³/mol. The number of aromatic nitrogens is 1. The average Bonchev–Trinajstić information content (AvgIpc) is 2.89. The van der Waals surface area contributed by atoms with Crippen molar-refractivity contribution in [2.45, 2.75) is 25.7 Å². The molecule has 0 spiro atoms. The lowest BCUT2D eigenvalue weighted by atomic mass is 9.82. The second-order valence-corrected chi connectivity index (χ2v) is 9.05. The number of amides is 1. The molecule has 1 saturated carbocycles. The highest BCUT2D eigenvalue weighted by molar-refractivity contribution is 5.94. The summed E-state index contributed by atoms with van der Waals surface area (Å²) < 4.78 is 18.5. The predicted octanol–water partition coefficient (Wildman–Crippen LogP) is 4.02. The molecule has 2 fully saturated rings. The van der Waals surface area contributed by atoms with E-state index in [1.54, 1.807) is 13.3 Å². The minimum Gasteiger partial charge on any atom is -0.495 e. The number of alkyl halides is 1. The zero-order chi connectivity index (χ0) is 23.0. The van der Waals surface area contributed by atoms with Crippen LogP contribution in [0.15, 0.2) is 48.7 Å². The molecule has 2 aliphatic rings. The molecule has 6 nitrogen and oxygen atoms in total. The summed E-state index contributed by atoms with van der Waals surface area (Å²) in [5.74, 6) is 1.84. The first-order valence-corrected chi connectivity index (χ1v) is 12.1. The maximum Gasteiger partial charge on any atom is 0.231 e. The third kappa shape index (κ3) is 5.82. The number of hydrogen-bond donors (Lipinski definition) is 0. The van der Waals surface area contributed by atoms with Crippen molar-refractivity contribution in [3.05, 3.63) is 48.7 Å². The van der Waals surface area contributed by atoms with Crippen molar-refractivity contribution in [1.29, 1.82) is 0 Å². The minimum absolute atomic E-state index is 0.0304. The molecule has 7 heteroatoms. The summed E-state index contributed by atoms with van der Waals surface area (Å²) in [4.78, 5) is 24.5. The molecule has 0 radical (unpaired) electrons. The number of para-hydroxylation sites is 2. The third-order valence-electron chi connectivity index (χ3n) is 7.04. The summed E-state index contributed by atoms with van der Waals surface area (Å²) in [6.07, 6.45) is 4.88. The summed E-state index contributed by atoms with van der Waals surface area (Å²) in [5.41, 5.74) is 1.13. The molecule has 1 aliphatic carbocycles. The van der Waals surface area contributed by atoms with Gasteiger partial charge in [-0.1, -0.05) is 18.2 Å². The second-order valence-electron chi connectivity index (χ2n) is 9.05. The fraction of sp³-hybridized carbons (Fsp3) is 0.538. The number of nitrogens with zero attached hydrogens (tertiary/aromatic N) is 4. The number of rotatable bonds is 8. The van der Waals surface area contributed by atoms with Crippen LogP contribution in [0.1, 0.15) is 25.7 Å². The Bertz CT molecular complexity index is 881. The molecule has 4 rings (SSSR count). The van der Waals surface area contributed by atoms with E-state index in [0.29, 0.717) is 12.4 Å². The molecule has 1 amide bonds. The van der Waals surface area contributed by atoms with Crippen LogP contribution in [0.2, 0.25) is 0 Å². The summed E-state index contributed by atoms with van der Waals surface area (Å²) in [5, 5.41) is 0. The van der Waals surface area contributed by atoms with Gasteiger partial charge in [-0.3, -0.25) is 19.0 Å². The minimum atomic E-state index is -0.272. The zero-order valence-electron chi connectivity index (χ0n) is 19.5. The summed E-state index contributed by atoms with van der Waals surface area (Å²) >= 11 is 0. The number of benzene rings is 1. The van der Waals surface area contributed by atoms with E-state index < -0.39 is 0 Å². The largest absolute Gasteiger partial charge is 0.495 e. The quantitative estimate of drug-likeness (QED) is 0.604. The van der Waals surface area contributed by atoms with Crippen molar-refractivity contribution in [3.8, 4) is 5.75 Å². The number of carbonyl (C=O) groups excluding carboxylic acids is 1. The smallest absolute Gasteiger partial charge is 0.231 e. The Balaban J connectivity index is 1.35. The van der Waals surface area contributed by atoms with E-state index in [1.165, 1.54) is 0 Å². The third-order valence-corrected chi connectivity index (χ3v) is 7.04. The monoisotopic (exact) mass is 453 g/mol. The summed E-state index contributed by atoms with van der Waals surface area (Å²) in [7, 11) is 1.71. The second kappa shape index (κ2) is 11.5. The van der Waals surface area contributed by atoms with Gasteiger partial charge >= 0.3 is 0 Å². The number of anilines is 2. The van der Waals surface area contributed by atoms with Crippen molar-refractivity contribution in [2.75, 3.05) is 62.9 Å². The number of halogens is 1. The lowest BCUT2D eigenvalue weighted by Crippen LogP contribution is -2.50. The van der Waals surface area contributed by atoms with E-state index >= 15 is 0 Å². The van der Waals surface area contributed by atoms with Gasteiger partial charge in [-0.2, -0.15) is 0 Å². The van der Waals surface area contributed by atoms with Crippen LogP contribution in [0.25, 0.3) is 0 Å². The van der Waals surface area contributed by atoms with Gasteiger partial charge in [0.1, 0.15) is 11.6 Å². The van der Waals surface area contributed by atoms with Gasteiger partial charge in [0, 0.05) is 51.4 Å². The highest BCUT2D eigenvalue weighted by Crippen LogP contribution is 2.31. The Morgan fingerprint density at radius 3 is 2.45 bits per heavy atom. The molecule has 2 heterocycles. The van der Waals surface area contributed by atoms with Gasteiger partial charge in [0.05, 0.1) is 19.5 Å². The van der Waals surface area contributed by atoms with E-state index in [0.717, 1.165) is 69.8 Å². The van der Waals surface area contributed by atoms with Gasteiger partial charge in [0.25, 0.3) is 0 Å². The van der Waals surface area contributed by atoms with Gasteiger partial charge in [-0.15, -0.1) is 0 Å². The van der Waals surface area contributed by atoms with Crippen molar-refractivity contribution in [1.82, 2.24) is 9.88 Å². The molecule has 2 aromatic rings. The molecule has 0 bridgehead atoms. The van der Waals surface area contributed by atoms with Crippen molar-refractivity contribution >= 4 is 17.4 Å². The highest BCUT2D eigenvalue weighted by Gasteiger charge is 2.31. The first kappa shape index (κ1) is 23.5. The molecule has 0 atom stereocenters. The number of piperazine rings is 1. The number of pyridine rings is 1.